The van der Waals surface area contributed by atoms with Crippen LogP contribution in [0.15, 0.2) is 48.5 Å². The zero-order valence-electron chi connectivity index (χ0n) is 14.7. The molecule has 0 aliphatic rings. The van der Waals surface area contributed by atoms with Gasteiger partial charge < -0.3 is 14.8 Å². The molecule has 0 aromatic heterocycles. The topological polar surface area (TPSA) is 47.6 Å². The predicted octanol–water partition coefficient (Wildman–Crippen LogP) is 3.87. The summed E-state index contributed by atoms with van der Waals surface area (Å²) < 4.78 is 11.3. The summed E-state index contributed by atoms with van der Waals surface area (Å²) >= 11 is 0. The van der Waals surface area contributed by atoms with Gasteiger partial charge in [-0.05, 0) is 57.0 Å². The van der Waals surface area contributed by atoms with Crippen LogP contribution in [-0.4, -0.2) is 18.1 Å². The van der Waals surface area contributed by atoms with Gasteiger partial charge in [0, 0.05) is 6.54 Å². The molecule has 0 unspecified atom stereocenters. The summed E-state index contributed by atoms with van der Waals surface area (Å²) in [4.78, 5) is 12.2. The summed E-state index contributed by atoms with van der Waals surface area (Å²) in [5.41, 5.74) is 2.03. The second-order valence-electron chi connectivity index (χ2n) is 6.05. The molecule has 0 heterocycles. The maximum absolute atomic E-state index is 12.2. The van der Waals surface area contributed by atoms with Crippen molar-refractivity contribution in [1.29, 1.82) is 0 Å². The molecule has 0 saturated carbocycles. The van der Waals surface area contributed by atoms with Crippen LogP contribution in [0, 0.1) is 6.92 Å². The van der Waals surface area contributed by atoms with Gasteiger partial charge in [-0.1, -0.05) is 30.3 Å². The van der Waals surface area contributed by atoms with Crippen molar-refractivity contribution in [2.45, 2.75) is 46.4 Å². The minimum Gasteiger partial charge on any atom is -0.491 e. The molecular formula is C20H25NO3. The molecule has 0 aliphatic heterocycles. The first-order chi connectivity index (χ1) is 11.5. The van der Waals surface area contributed by atoms with E-state index in [2.05, 4.69) is 5.32 Å². The second-order valence-corrected chi connectivity index (χ2v) is 6.05. The first kappa shape index (κ1) is 17.9. The fourth-order valence-electron chi connectivity index (χ4n) is 2.22. The Kier molecular flexibility index (Phi) is 6.24. The van der Waals surface area contributed by atoms with E-state index in [1.165, 1.54) is 0 Å². The van der Waals surface area contributed by atoms with Crippen LogP contribution in [-0.2, 0) is 11.3 Å². The lowest BCUT2D eigenvalue weighted by Gasteiger charge is -2.16. The van der Waals surface area contributed by atoms with Gasteiger partial charge in [-0.15, -0.1) is 0 Å². The lowest BCUT2D eigenvalue weighted by atomic mass is 10.2. The zero-order valence-corrected chi connectivity index (χ0v) is 14.7. The van der Waals surface area contributed by atoms with Crippen LogP contribution in [0.5, 0.6) is 11.5 Å². The van der Waals surface area contributed by atoms with Gasteiger partial charge in [-0.2, -0.15) is 0 Å². The van der Waals surface area contributed by atoms with Crippen LogP contribution < -0.4 is 14.8 Å². The molecule has 0 saturated heterocycles. The molecular weight excluding hydrogens is 302 g/mol. The molecule has 0 fully saturated rings. The van der Waals surface area contributed by atoms with Crippen LogP contribution in [0.25, 0.3) is 0 Å². The van der Waals surface area contributed by atoms with Crippen molar-refractivity contribution < 1.29 is 14.3 Å². The highest BCUT2D eigenvalue weighted by Crippen LogP contribution is 2.18. The summed E-state index contributed by atoms with van der Waals surface area (Å²) in [6, 6.07) is 15.4. The van der Waals surface area contributed by atoms with Crippen LogP contribution in [0.3, 0.4) is 0 Å². The first-order valence-electron chi connectivity index (χ1n) is 8.21. The van der Waals surface area contributed by atoms with E-state index in [0.29, 0.717) is 6.54 Å². The maximum Gasteiger partial charge on any atom is 0.261 e. The van der Waals surface area contributed by atoms with E-state index in [4.69, 9.17) is 9.47 Å². The Morgan fingerprint density at radius 1 is 1.00 bits per heavy atom. The van der Waals surface area contributed by atoms with E-state index < -0.39 is 6.10 Å². The number of carbonyl (C=O) groups excluding carboxylic acids is 1. The standard InChI is InChI=1S/C20H25NO3/c1-14(2)23-18-11-9-17(10-12-18)13-21-20(22)16(4)24-19-8-6-5-7-15(19)3/h5-12,14,16H,13H2,1-4H3,(H,21,22)/t16-/m1/s1. The van der Waals surface area contributed by atoms with Crippen molar-refractivity contribution in [3.8, 4) is 11.5 Å². The molecule has 24 heavy (non-hydrogen) atoms. The molecule has 4 nitrogen and oxygen atoms in total. The highest BCUT2D eigenvalue weighted by molar-refractivity contribution is 5.80. The van der Waals surface area contributed by atoms with E-state index in [9.17, 15) is 4.79 Å². The largest absolute Gasteiger partial charge is 0.491 e. The molecule has 2 aromatic rings. The number of nitrogens with one attached hydrogen (secondary N) is 1. The molecule has 0 bridgehead atoms. The van der Waals surface area contributed by atoms with Crippen molar-refractivity contribution >= 4 is 5.91 Å². The van der Waals surface area contributed by atoms with E-state index in [-0.39, 0.29) is 12.0 Å². The number of benzene rings is 2. The number of aryl methyl sites for hydroxylation is 1. The summed E-state index contributed by atoms with van der Waals surface area (Å²) in [6.45, 7) is 8.15. The maximum atomic E-state index is 12.2. The SMILES string of the molecule is Cc1ccccc1O[C@H](C)C(=O)NCc1ccc(OC(C)C)cc1. The van der Waals surface area contributed by atoms with Gasteiger partial charge in [-0.25, -0.2) is 0 Å². The minimum atomic E-state index is -0.547. The third-order valence-electron chi connectivity index (χ3n) is 3.53. The van der Waals surface area contributed by atoms with Gasteiger partial charge in [0.1, 0.15) is 11.5 Å². The normalized spacial score (nSPS) is 11.9. The van der Waals surface area contributed by atoms with Crippen molar-refractivity contribution in [3.63, 3.8) is 0 Å². The summed E-state index contributed by atoms with van der Waals surface area (Å²) in [6.07, 6.45) is -0.398. The minimum absolute atomic E-state index is 0.138. The zero-order chi connectivity index (χ0) is 17.5. The third-order valence-corrected chi connectivity index (χ3v) is 3.53. The van der Waals surface area contributed by atoms with Gasteiger partial charge in [0.05, 0.1) is 6.10 Å². The number of para-hydroxylation sites is 1. The van der Waals surface area contributed by atoms with Crippen LogP contribution in [0.2, 0.25) is 0 Å². The van der Waals surface area contributed by atoms with Crippen LogP contribution >= 0.6 is 0 Å². The monoisotopic (exact) mass is 327 g/mol. The summed E-state index contributed by atoms with van der Waals surface area (Å²) in [7, 11) is 0. The van der Waals surface area contributed by atoms with E-state index in [1.54, 1.807) is 6.92 Å². The number of carbonyl (C=O) groups is 1. The highest BCUT2D eigenvalue weighted by atomic mass is 16.5. The average Bonchev–Trinajstić information content (AvgIpc) is 2.55. The molecule has 0 spiro atoms. The number of hydrogen-bond donors (Lipinski definition) is 1. The Bertz CT molecular complexity index is 665. The number of ether oxygens (including phenoxy) is 2. The van der Waals surface area contributed by atoms with Crippen molar-refractivity contribution in [3.05, 3.63) is 59.7 Å². The van der Waals surface area contributed by atoms with Crippen LogP contribution in [0.1, 0.15) is 31.9 Å². The average molecular weight is 327 g/mol. The summed E-state index contributed by atoms with van der Waals surface area (Å²) in [5, 5.41) is 2.89. The molecule has 1 atom stereocenters. The predicted molar refractivity (Wildman–Crippen MR) is 95.3 cm³/mol. The molecule has 0 radical (unpaired) electrons. The van der Waals surface area contributed by atoms with Crippen molar-refractivity contribution in [1.82, 2.24) is 5.32 Å². The lowest BCUT2D eigenvalue weighted by Crippen LogP contribution is -2.36. The molecule has 1 N–H and O–H groups in total. The molecule has 4 heteroatoms. The molecule has 1 amide bonds. The Balaban J connectivity index is 1.85. The number of amides is 1. The molecule has 128 valence electrons. The van der Waals surface area contributed by atoms with Gasteiger partial charge in [0.2, 0.25) is 0 Å². The van der Waals surface area contributed by atoms with Gasteiger partial charge in [-0.3, -0.25) is 4.79 Å². The van der Waals surface area contributed by atoms with E-state index >= 15 is 0 Å². The van der Waals surface area contributed by atoms with E-state index in [1.807, 2.05) is 69.3 Å². The second kappa shape index (κ2) is 8.39. The first-order valence-corrected chi connectivity index (χ1v) is 8.21. The van der Waals surface area contributed by atoms with Gasteiger partial charge >= 0.3 is 0 Å². The third kappa shape index (κ3) is 5.30. The summed E-state index contributed by atoms with van der Waals surface area (Å²) in [5.74, 6) is 1.42. The van der Waals surface area contributed by atoms with Crippen molar-refractivity contribution in [2.24, 2.45) is 0 Å². The fraction of sp³-hybridized carbons (Fsp3) is 0.350. The highest BCUT2D eigenvalue weighted by Gasteiger charge is 2.15. The lowest BCUT2D eigenvalue weighted by molar-refractivity contribution is -0.127. The van der Waals surface area contributed by atoms with Gasteiger partial charge in [0.15, 0.2) is 6.10 Å². The Hall–Kier alpha value is -2.49. The Morgan fingerprint density at radius 3 is 2.29 bits per heavy atom. The molecule has 2 rings (SSSR count). The Morgan fingerprint density at radius 2 is 1.67 bits per heavy atom. The number of rotatable bonds is 7. The smallest absolute Gasteiger partial charge is 0.261 e. The quantitative estimate of drug-likeness (QED) is 0.840. The van der Waals surface area contributed by atoms with Gasteiger partial charge in [0.25, 0.3) is 5.91 Å². The van der Waals surface area contributed by atoms with Crippen LogP contribution in [0.4, 0.5) is 0 Å². The molecule has 0 aliphatic carbocycles. The van der Waals surface area contributed by atoms with E-state index in [0.717, 1.165) is 22.6 Å². The Labute approximate surface area is 143 Å². The number of hydrogen-bond acceptors (Lipinski definition) is 3. The molecule has 2 aromatic carbocycles. The fourth-order valence-corrected chi connectivity index (χ4v) is 2.22. The van der Waals surface area contributed by atoms with Crippen molar-refractivity contribution in [2.75, 3.05) is 0 Å².